The van der Waals surface area contributed by atoms with Crippen molar-refractivity contribution in [2.24, 2.45) is 0 Å². The average molecular weight is 322 g/mol. The topological polar surface area (TPSA) is 93.8 Å². The minimum atomic E-state index is -0.291. The fraction of sp³-hybridized carbons (Fsp3) is 0.167. The first kappa shape index (κ1) is 13.4. The number of hydrogen-bond acceptors (Lipinski definition) is 5. The zero-order valence-electron chi connectivity index (χ0n) is 10.2. The van der Waals surface area contributed by atoms with Gasteiger partial charge in [-0.25, -0.2) is 15.0 Å². The largest absolute Gasteiger partial charge is 0.384 e. The molecule has 2 rings (SSSR count). The van der Waals surface area contributed by atoms with Gasteiger partial charge in [0.15, 0.2) is 5.82 Å². The number of anilines is 2. The van der Waals surface area contributed by atoms with Crippen molar-refractivity contribution in [1.82, 2.24) is 15.0 Å². The molecule has 0 radical (unpaired) electrons. The van der Waals surface area contributed by atoms with E-state index >= 15 is 0 Å². The third kappa shape index (κ3) is 3.47. The van der Waals surface area contributed by atoms with E-state index in [-0.39, 0.29) is 5.91 Å². The molecule has 0 aromatic carbocycles. The van der Waals surface area contributed by atoms with Crippen molar-refractivity contribution >= 4 is 33.5 Å². The van der Waals surface area contributed by atoms with Gasteiger partial charge in [0.1, 0.15) is 10.4 Å². The van der Waals surface area contributed by atoms with Gasteiger partial charge in [0.05, 0.1) is 12.4 Å². The highest BCUT2D eigenvalue weighted by molar-refractivity contribution is 9.10. The van der Waals surface area contributed by atoms with Gasteiger partial charge in [-0.1, -0.05) is 6.92 Å². The lowest BCUT2D eigenvalue weighted by Crippen LogP contribution is -2.14. The Labute approximate surface area is 118 Å². The molecule has 19 heavy (non-hydrogen) atoms. The number of hydrogen-bond donors (Lipinski definition) is 2. The summed E-state index contributed by atoms with van der Waals surface area (Å²) in [7, 11) is 0. The Bertz CT molecular complexity index is 600. The number of aryl methyl sites for hydroxylation is 1. The summed E-state index contributed by atoms with van der Waals surface area (Å²) in [6.07, 6.45) is 3.69. The molecule has 0 aliphatic carbocycles. The first-order valence-electron chi connectivity index (χ1n) is 5.64. The number of nitrogen functional groups attached to an aromatic ring is 1. The van der Waals surface area contributed by atoms with E-state index in [9.17, 15) is 4.79 Å². The Morgan fingerprint density at radius 2 is 2.16 bits per heavy atom. The summed E-state index contributed by atoms with van der Waals surface area (Å²) >= 11 is 3.17. The van der Waals surface area contributed by atoms with Gasteiger partial charge < -0.3 is 11.1 Å². The summed E-state index contributed by atoms with van der Waals surface area (Å²) < 4.78 is 0.604. The number of amides is 1. The third-order valence-electron chi connectivity index (χ3n) is 2.38. The monoisotopic (exact) mass is 321 g/mol. The first-order valence-corrected chi connectivity index (χ1v) is 6.43. The van der Waals surface area contributed by atoms with Crippen molar-refractivity contribution in [2.75, 3.05) is 11.1 Å². The van der Waals surface area contributed by atoms with E-state index in [2.05, 4.69) is 36.2 Å². The van der Waals surface area contributed by atoms with Crippen LogP contribution in [-0.2, 0) is 6.42 Å². The minimum Gasteiger partial charge on any atom is -0.384 e. The van der Waals surface area contributed by atoms with Crippen LogP contribution < -0.4 is 11.1 Å². The van der Waals surface area contributed by atoms with Gasteiger partial charge >= 0.3 is 0 Å². The molecule has 3 N–H and O–H groups in total. The molecule has 0 fully saturated rings. The molecule has 0 aliphatic rings. The second-order valence-corrected chi connectivity index (χ2v) is 4.62. The van der Waals surface area contributed by atoms with Crippen molar-refractivity contribution in [1.29, 1.82) is 0 Å². The highest BCUT2D eigenvalue weighted by Crippen LogP contribution is 2.11. The maximum atomic E-state index is 12.0. The molecule has 2 aromatic heterocycles. The number of halogens is 1. The van der Waals surface area contributed by atoms with Gasteiger partial charge in [-0.2, -0.15) is 0 Å². The van der Waals surface area contributed by atoms with E-state index in [1.54, 1.807) is 6.07 Å². The fourth-order valence-corrected chi connectivity index (χ4v) is 1.69. The van der Waals surface area contributed by atoms with E-state index in [0.29, 0.717) is 28.2 Å². The van der Waals surface area contributed by atoms with Crippen LogP contribution in [0.5, 0.6) is 0 Å². The van der Waals surface area contributed by atoms with Gasteiger partial charge in [0.25, 0.3) is 5.91 Å². The highest BCUT2D eigenvalue weighted by atomic mass is 79.9. The standard InChI is InChI=1S/C12H12BrN5O/c1-2-8-3-7(4-10(14)17-8)12(19)18-11-6-15-9(13)5-16-11/h3-6H,2H2,1H3,(H2,14,17)(H,16,18,19). The average Bonchev–Trinajstić information content (AvgIpc) is 2.40. The molecule has 0 saturated carbocycles. The molecule has 6 nitrogen and oxygen atoms in total. The molecule has 0 aliphatic heterocycles. The molecule has 2 heterocycles. The van der Waals surface area contributed by atoms with Crippen LogP contribution in [0.25, 0.3) is 0 Å². The molecule has 0 spiro atoms. The quantitative estimate of drug-likeness (QED) is 0.902. The number of carbonyl (C=O) groups excluding carboxylic acids is 1. The molecule has 0 unspecified atom stereocenters. The summed E-state index contributed by atoms with van der Waals surface area (Å²) in [5.41, 5.74) is 6.88. The van der Waals surface area contributed by atoms with Crippen LogP contribution in [0.2, 0.25) is 0 Å². The van der Waals surface area contributed by atoms with Crippen LogP contribution in [0.3, 0.4) is 0 Å². The molecule has 98 valence electrons. The SMILES string of the molecule is CCc1cc(C(=O)Nc2cnc(Br)cn2)cc(N)n1. The zero-order valence-corrected chi connectivity index (χ0v) is 11.8. The lowest BCUT2D eigenvalue weighted by molar-refractivity contribution is 0.102. The van der Waals surface area contributed by atoms with Crippen molar-refractivity contribution in [3.05, 3.63) is 40.4 Å². The summed E-state index contributed by atoms with van der Waals surface area (Å²) in [5, 5.41) is 2.65. The van der Waals surface area contributed by atoms with Crippen molar-refractivity contribution in [3.63, 3.8) is 0 Å². The van der Waals surface area contributed by atoms with E-state index in [1.165, 1.54) is 18.5 Å². The van der Waals surface area contributed by atoms with E-state index in [1.807, 2.05) is 6.92 Å². The molecule has 7 heteroatoms. The predicted molar refractivity (Wildman–Crippen MR) is 75.7 cm³/mol. The molecule has 0 bridgehead atoms. The van der Waals surface area contributed by atoms with E-state index in [4.69, 9.17) is 5.73 Å². The van der Waals surface area contributed by atoms with Gasteiger partial charge in [-0.15, -0.1) is 0 Å². The number of pyridine rings is 1. The van der Waals surface area contributed by atoms with Crippen molar-refractivity contribution in [3.8, 4) is 0 Å². The van der Waals surface area contributed by atoms with Crippen LogP contribution >= 0.6 is 15.9 Å². The maximum absolute atomic E-state index is 12.0. The predicted octanol–water partition coefficient (Wildman–Crippen LogP) is 2.03. The highest BCUT2D eigenvalue weighted by Gasteiger charge is 2.09. The van der Waals surface area contributed by atoms with Crippen LogP contribution in [0, 0.1) is 0 Å². The smallest absolute Gasteiger partial charge is 0.257 e. The molecular formula is C12H12BrN5O. The molecule has 2 aromatic rings. The summed E-state index contributed by atoms with van der Waals surface area (Å²) in [5.74, 6) is 0.411. The Morgan fingerprint density at radius 3 is 2.79 bits per heavy atom. The number of nitrogens with zero attached hydrogens (tertiary/aromatic N) is 3. The molecule has 1 amide bonds. The van der Waals surface area contributed by atoms with E-state index < -0.39 is 0 Å². The van der Waals surface area contributed by atoms with Crippen LogP contribution in [0.1, 0.15) is 23.0 Å². The van der Waals surface area contributed by atoms with Gasteiger partial charge in [0.2, 0.25) is 0 Å². The van der Waals surface area contributed by atoms with Crippen LogP contribution in [0.4, 0.5) is 11.6 Å². The minimum absolute atomic E-state index is 0.291. The molecule has 0 saturated heterocycles. The summed E-state index contributed by atoms with van der Waals surface area (Å²) in [6.45, 7) is 1.95. The van der Waals surface area contributed by atoms with Crippen molar-refractivity contribution in [2.45, 2.75) is 13.3 Å². The zero-order chi connectivity index (χ0) is 13.8. The van der Waals surface area contributed by atoms with Gasteiger partial charge in [-0.3, -0.25) is 4.79 Å². The molecular weight excluding hydrogens is 310 g/mol. The lowest BCUT2D eigenvalue weighted by atomic mass is 10.2. The summed E-state index contributed by atoms with van der Waals surface area (Å²) in [4.78, 5) is 24.2. The molecule has 0 atom stereocenters. The summed E-state index contributed by atoms with van der Waals surface area (Å²) in [6, 6.07) is 3.23. The number of carbonyl (C=O) groups is 1. The van der Waals surface area contributed by atoms with Gasteiger partial charge in [-0.05, 0) is 34.5 Å². The Hall–Kier alpha value is -2.02. The third-order valence-corrected chi connectivity index (χ3v) is 2.79. The van der Waals surface area contributed by atoms with E-state index in [0.717, 1.165) is 5.69 Å². The maximum Gasteiger partial charge on any atom is 0.257 e. The van der Waals surface area contributed by atoms with Crippen LogP contribution in [0.15, 0.2) is 29.1 Å². The normalized spacial score (nSPS) is 10.2. The number of nitrogens with two attached hydrogens (primary N) is 1. The van der Waals surface area contributed by atoms with Crippen molar-refractivity contribution < 1.29 is 4.79 Å². The fourth-order valence-electron chi connectivity index (χ4n) is 1.49. The van der Waals surface area contributed by atoms with Gasteiger partial charge in [0, 0.05) is 11.3 Å². The Morgan fingerprint density at radius 1 is 1.37 bits per heavy atom. The second-order valence-electron chi connectivity index (χ2n) is 3.80. The van der Waals surface area contributed by atoms with Crippen LogP contribution in [-0.4, -0.2) is 20.9 Å². The number of aromatic nitrogens is 3. The lowest BCUT2D eigenvalue weighted by Gasteiger charge is -2.06. The Balaban J connectivity index is 2.20. The number of rotatable bonds is 3. The second kappa shape index (κ2) is 5.75. The Kier molecular flexibility index (Phi) is 4.06. The number of nitrogens with one attached hydrogen (secondary N) is 1. The first-order chi connectivity index (χ1) is 9.08.